The lowest BCUT2D eigenvalue weighted by molar-refractivity contribution is -0.123. The van der Waals surface area contributed by atoms with Crippen molar-refractivity contribution in [3.05, 3.63) is 89.9 Å². The summed E-state index contributed by atoms with van der Waals surface area (Å²) in [5.74, 6) is -0.726. The van der Waals surface area contributed by atoms with Gasteiger partial charge in [-0.3, -0.25) is 9.59 Å². The van der Waals surface area contributed by atoms with Crippen LogP contribution in [-0.2, 0) is 32.5 Å². The molecule has 184 valence electrons. The number of furan rings is 1. The summed E-state index contributed by atoms with van der Waals surface area (Å²) < 4.78 is 37.3. The van der Waals surface area contributed by atoms with Gasteiger partial charge in [-0.1, -0.05) is 42.5 Å². The van der Waals surface area contributed by atoms with Gasteiger partial charge in [-0.2, -0.15) is 4.31 Å². The van der Waals surface area contributed by atoms with Crippen LogP contribution in [0.5, 0.6) is 0 Å². The third-order valence-electron chi connectivity index (χ3n) is 5.65. The number of benzene rings is 2. The van der Waals surface area contributed by atoms with Crippen LogP contribution in [0.4, 0.5) is 0 Å². The van der Waals surface area contributed by atoms with Gasteiger partial charge in [0.15, 0.2) is 5.76 Å². The van der Waals surface area contributed by atoms with Crippen LogP contribution in [0.25, 0.3) is 0 Å². The monoisotopic (exact) mass is 497 g/mol. The molecular weight excluding hydrogens is 470 g/mol. The van der Waals surface area contributed by atoms with Gasteiger partial charge in [-0.15, -0.1) is 0 Å². The van der Waals surface area contributed by atoms with Gasteiger partial charge in [0.2, 0.25) is 15.9 Å². The molecule has 0 radical (unpaired) electrons. The number of nitrogens with one attached hydrogen (secondary N) is 2. The van der Waals surface area contributed by atoms with Gasteiger partial charge in [-0.05, 0) is 35.4 Å². The predicted molar refractivity (Wildman–Crippen MR) is 128 cm³/mol. The lowest BCUT2D eigenvalue weighted by atomic mass is 10.0. The third-order valence-corrected chi connectivity index (χ3v) is 7.56. The first-order valence-electron chi connectivity index (χ1n) is 11.3. The van der Waals surface area contributed by atoms with E-state index in [9.17, 15) is 18.0 Å². The molecule has 1 atom stereocenters. The van der Waals surface area contributed by atoms with Crippen LogP contribution >= 0.6 is 0 Å². The second-order valence-corrected chi connectivity index (χ2v) is 10.0. The predicted octanol–water partition coefficient (Wildman–Crippen LogP) is 1.96. The lowest BCUT2D eigenvalue weighted by Crippen LogP contribution is -2.47. The van der Waals surface area contributed by atoms with Gasteiger partial charge in [0, 0.05) is 26.1 Å². The maximum Gasteiger partial charge on any atom is 0.287 e. The number of hydrogen-bond acceptors (Lipinski definition) is 6. The molecule has 1 aliphatic rings. The molecule has 1 aromatic heterocycles. The Balaban J connectivity index is 1.40. The quantitative estimate of drug-likeness (QED) is 0.467. The Labute approximate surface area is 204 Å². The highest BCUT2D eigenvalue weighted by atomic mass is 32.2. The molecular formula is C25H27N3O6S. The number of carbonyl (C=O) groups excluding carboxylic acids is 2. The molecule has 9 nitrogen and oxygen atoms in total. The van der Waals surface area contributed by atoms with Crippen molar-refractivity contribution in [1.82, 2.24) is 14.9 Å². The van der Waals surface area contributed by atoms with Crippen LogP contribution in [0.2, 0.25) is 0 Å². The van der Waals surface area contributed by atoms with Crippen molar-refractivity contribution in [3.63, 3.8) is 0 Å². The van der Waals surface area contributed by atoms with Crippen LogP contribution in [0.3, 0.4) is 0 Å². The first-order valence-corrected chi connectivity index (χ1v) is 12.7. The maximum atomic E-state index is 13.0. The number of sulfonamides is 1. The Morgan fingerprint density at radius 2 is 1.63 bits per heavy atom. The molecule has 2 amide bonds. The Bertz CT molecular complexity index is 1220. The molecule has 0 spiro atoms. The molecule has 10 heteroatoms. The zero-order chi connectivity index (χ0) is 24.7. The van der Waals surface area contributed by atoms with E-state index in [4.69, 9.17) is 9.15 Å². The smallest absolute Gasteiger partial charge is 0.287 e. The number of nitrogens with zero attached hydrogens (tertiary/aromatic N) is 1. The summed E-state index contributed by atoms with van der Waals surface area (Å²) in [6.45, 7) is 1.59. The molecule has 1 aliphatic heterocycles. The largest absolute Gasteiger partial charge is 0.459 e. The molecule has 0 bridgehead atoms. The fourth-order valence-electron chi connectivity index (χ4n) is 3.72. The van der Waals surface area contributed by atoms with Gasteiger partial charge >= 0.3 is 0 Å². The van der Waals surface area contributed by atoms with Crippen LogP contribution < -0.4 is 10.6 Å². The topological polar surface area (TPSA) is 118 Å². The van der Waals surface area contributed by atoms with E-state index in [0.717, 1.165) is 11.1 Å². The van der Waals surface area contributed by atoms with Crippen molar-refractivity contribution in [1.29, 1.82) is 0 Å². The molecule has 2 aromatic carbocycles. The average Bonchev–Trinajstić information content (AvgIpc) is 3.44. The van der Waals surface area contributed by atoms with E-state index in [-0.39, 0.29) is 23.1 Å². The Hall–Kier alpha value is -3.47. The lowest BCUT2D eigenvalue weighted by Gasteiger charge is -2.26. The van der Waals surface area contributed by atoms with Crippen molar-refractivity contribution in [2.75, 3.05) is 26.3 Å². The summed E-state index contributed by atoms with van der Waals surface area (Å²) in [7, 11) is -3.58. The van der Waals surface area contributed by atoms with Crippen LogP contribution in [0.15, 0.2) is 82.3 Å². The molecule has 2 N–H and O–H groups in total. The van der Waals surface area contributed by atoms with Gasteiger partial charge < -0.3 is 19.8 Å². The number of hydrogen-bond donors (Lipinski definition) is 2. The minimum atomic E-state index is -3.58. The highest BCUT2D eigenvalue weighted by Gasteiger charge is 2.26. The van der Waals surface area contributed by atoms with Gasteiger partial charge in [0.05, 0.1) is 24.4 Å². The molecule has 0 aliphatic carbocycles. The molecule has 2 heterocycles. The van der Waals surface area contributed by atoms with Crippen molar-refractivity contribution >= 4 is 21.8 Å². The molecule has 1 saturated heterocycles. The van der Waals surface area contributed by atoms with Gasteiger partial charge in [-0.25, -0.2) is 8.42 Å². The molecule has 0 saturated carbocycles. The second-order valence-electron chi connectivity index (χ2n) is 8.07. The van der Waals surface area contributed by atoms with E-state index in [1.165, 1.54) is 28.8 Å². The van der Waals surface area contributed by atoms with Crippen molar-refractivity contribution < 1.29 is 27.2 Å². The Kier molecular flexibility index (Phi) is 7.96. The number of amides is 2. The fourth-order valence-corrected chi connectivity index (χ4v) is 5.13. The van der Waals surface area contributed by atoms with E-state index in [1.54, 1.807) is 18.2 Å². The SMILES string of the molecule is O=C(N[C@H](Cc1ccccc1)C(=O)NCc1ccc(S(=O)(=O)N2CCOCC2)cc1)c1ccco1. The molecule has 3 aromatic rings. The van der Waals surface area contributed by atoms with E-state index in [0.29, 0.717) is 32.7 Å². The van der Waals surface area contributed by atoms with E-state index < -0.39 is 22.0 Å². The average molecular weight is 498 g/mol. The van der Waals surface area contributed by atoms with Crippen molar-refractivity contribution in [3.8, 4) is 0 Å². The van der Waals surface area contributed by atoms with E-state index in [1.807, 2.05) is 30.3 Å². The first-order chi connectivity index (χ1) is 16.9. The van der Waals surface area contributed by atoms with E-state index in [2.05, 4.69) is 10.6 Å². The number of ether oxygens (including phenoxy) is 1. The summed E-state index contributed by atoms with van der Waals surface area (Å²) in [5, 5.41) is 5.56. The van der Waals surface area contributed by atoms with Gasteiger partial charge in [0.25, 0.3) is 5.91 Å². The summed E-state index contributed by atoms with van der Waals surface area (Å²) >= 11 is 0. The standard InChI is InChI=1S/C25H27N3O6S/c29-24(22(17-19-5-2-1-3-6-19)27-25(30)23-7-4-14-34-23)26-18-20-8-10-21(11-9-20)35(31,32)28-12-15-33-16-13-28/h1-11,14,22H,12-13,15-18H2,(H,26,29)(H,27,30)/t22-/m1/s1. The summed E-state index contributed by atoms with van der Waals surface area (Å²) in [5.41, 5.74) is 1.63. The summed E-state index contributed by atoms with van der Waals surface area (Å²) in [6, 6.07) is 18.1. The molecule has 4 rings (SSSR count). The first kappa shape index (κ1) is 24.6. The van der Waals surface area contributed by atoms with Crippen molar-refractivity contribution in [2.24, 2.45) is 0 Å². The second kappa shape index (κ2) is 11.3. The Morgan fingerprint density at radius 1 is 0.914 bits per heavy atom. The highest BCUT2D eigenvalue weighted by Crippen LogP contribution is 2.18. The zero-order valence-electron chi connectivity index (χ0n) is 19.1. The molecule has 1 fully saturated rings. The minimum absolute atomic E-state index is 0.118. The van der Waals surface area contributed by atoms with E-state index >= 15 is 0 Å². The number of carbonyl (C=O) groups is 2. The number of rotatable bonds is 9. The third kappa shape index (κ3) is 6.36. The van der Waals surface area contributed by atoms with Gasteiger partial charge in [0.1, 0.15) is 6.04 Å². The minimum Gasteiger partial charge on any atom is -0.459 e. The zero-order valence-corrected chi connectivity index (χ0v) is 19.9. The molecule has 35 heavy (non-hydrogen) atoms. The number of morpholine rings is 1. The van der Waals surface area contributed by atoms with Crippen LogP contribution in [0.1, 0.15) is 21.7 Å². The summed E-state index contributed by atoms with van der Waals surface area (Å²) in [4.78, 5) is 25.7. The normalized spacial score (nSPS) is 15.3. The molecule has 0 unspecified atom stereocenters. The Morgan fingerprint density at radius 3 is 2.29 bits per heavy atom. The highest BCUT2D eigenvalue weighted by molar-refractivity contribution is 7.89. The maximum absolute atomic E-state index is 13.0. The summed E-state index contributed by atoms with van der Waals surface area (Å²) in [6.07, 6.45) is 1.69. The van der Waals surface area contributed by atoms with Crippen LogP contribution in [-0.4, -0.2) is 56.9 Å². The fraction of sp³-hybridized carbons (Fsp3) is 0.280. The van der Waals surface area contributed by atoms with Crippen LogP contribution in [0, 0.1) is 0 Å². The van der Waals surface area contributed by atoms with Crippen molar-refractivity contribution in [2.45, 2.75) is 23.9 Å².